The lowest BCUT2D eigenvalue weighted by molar-refractivity contribution is -0.139. The number of aliphatic hydroxyl groups is 1. The predicted molar refractivity (Wildman–Crippen MR) is 133 cm³/mol. The van der Waals surface area contributed by atoms with E-state index in [1.165, 1.54) is 17.7 Å². The molecule has 2 aliphatic carbocycles. The van der Waals surface area contributed by atoms with E-state index in [1.807, 2.05) is 12.1 Å². The maximum absolute atomic E-state index is 14.2. The van der Waals surface area contributed by atoms with E-state index < -0.39 is 30.1 Å². The molecular formula is C27H36N4O5. The maximum Gasteiger partial charge on any atom is 0.249 e. The summed E-state index contributed by atoms with van der Waals surface area (Å²) in [6.45, 7) is 3.82. The first-order valence-corrected chi connectivity index (χ1v) is 13.5. The molecule has 194 valence electrons. The van der Waals surface area contributed by atoms with Gasteiger partial charge >= 0.3 is 0 Å². The molecule has 3 heterocycles. The van der Waals surface area contributed by atoms with Crippen LogP contribution in [0.2, 0.25) is 0 Å². The Hall–Kier alpha value is -2.49. The molecule has 36 heavy (non-hydrogen) atoms. The third-order valence-corrected chi connectivity index (χ3v) is 8.96. The molecule has 0 aromatic heterocycles. The molecule has 3 N–H and O–H groups in total. The first-order chi connectivity index (χ1) is 17.4. The lowest BCUT2D eigenvalue weighted by Crippen LogP contribution is -2.47. The Labute approximate surface area is 211 Å². The molecule has 3 aliphatic heterocycles. The van der Waals surface area contributed by atoms with Crippen LogP contribution in [0.25, 0.3) is 0 Å². The number of amides is 2. The van der Waals surface area contributed by atoms with Gasteiger partial charge in [-0.2, -0.15) is 0 Å². The van der Waals surface area contributed by atoms with Gasteiger partial charge in [0.15, 0.2) is 5.78 Å². The van der Waals surface area contributed by atoms with Gasteiger partial charge in [-0.05, 0) is 55.4 Å². The molecule has 1 aromatic rings. The van der Waals surface area contributed by atoms with Crippen molar-refractivity contribution in [3.63, 3.8) is 0 Å². The highest BCUT2D eigenvalue weighted by molar-refractivity contribution is 5.99. The van der Waals surface area contributed by atoms with E-state index in [2.05, 4.69) is 9.80 Å². The zero-order chi connectivity index (χ0) is 25.0. The summed E-state index contributed by atoms with van der Waals surface area (Å²) in [5.41, 5.74) is 7.85. The van der Waals surface area contributed by atoms with Gasteiger partial charge in [-0.3, -0.25) is 19.3 Å². The predicted octanol–water partition coefficient (Wildman–Crippen LogP) is 0.883. The number of benzene rings is 1. The van der Waals surface area contributed by atoms with E-state index in [0.29, 0.717) is 11.1 Å². The van der Waals surface area contributed by atoms with Crippen molar-refractivity contribution in [2.45, 2.75) is 68.7 Å². The van der Waals surface area contributed by atoms with Gasteiger partial charge in [0.05, 0.1) is 12.5 Å². The minimum absolute atomic E-state index is 0.0613. The summed E-state index contributed by atoms with van der Waals surface area (Å²) < 4.78 is 5.50. The zero-order valence-electron chi connectivity index (χ0n) is 20.7. The molecular weight excluding hydrogens is 460 g/mol. The number of likely N-dealkylation sites (tertiary alicyclic amines) is 1. The average molecular weight is 497 g/mol. The van der Waals surface area contributed by atoms with E-state index in [9.17, 15) is 19.5 Å². The van der Waals surface area contributed by atoms with Crippen molar-refractivity contribution in [1.82, 2.24) is 9.80 Å². The Morgan fingerprint density at radius 1 is 1.06 bits per heavy atom. The molecule has 5 aliphatic rings. The highest BCUT2D eigenvalue weighted by Crippen LogP contribution is 2.43. The van der Waals surface area contributed by atoms with E-state index in [4.69, 9.17) is 10.5 Å². The smallest absolute Gasteiger partial charge is 0.249 e. The number of rotatable bonds is 6. The summed E-state index contributed by atoms with van der Waals surface area (Å²) in [6, 6.07) is 5.68. The number of ketones is 1. The van der Waals surface area contributed by atoms with Crippen LogP contribution < -0.4 is 10.6 Å². The van der Waals surface area contributed by atoms with Gasteiger partial charge in [0, 0.05) is 43.5 Å². The van der Waals surface area contributed by atoms with E-state index >= 15 is 0 Å². The molecule has 2 saturated carbocycles. The van der Waals surface area contributed by atoms with Crippen molar-refractivity contribution in [3.05, 3.63) is 29.3 Å². The molecule has 0 bridgehead atoms. The molecule has 1 aromatic carbocycles. The Bertz CT molecular complexity index is 1040. The number of Topliss-reactive ketones (excluding diaryl/α,β-unsaturated/α-hetero) is 1. The van der Waals surface area contributed by atoms with Gasteiger partial charge in [-0.1, -0.05) is 12.8 Å². The molecule has 3 saturated heterocycles. The SMILES string of the molecule is NC(=O)c1ccc(N2CCN(C3CC3)CC2)cc1[C@@H](C(=O)N1C[C@@H](O)[C@H]2OCC(=O)[C@H]21)C1CCCC1. The number of primary amides is 1. The molecule has 0 spiro atoms. The van der Waals surface area contributed by atoms with E-state index in [1.54, 1.807) is 6.07 Å². The van der Waals surface area contributed by atoms with Gasteiger partial charge in [-0.25, -0.2) is 0 Å². The van der Waals surface area contributed by atoms with Gasteiger partial charge in [-0.15, -0.1) is 0 Å². The van der Waals surface area contributed by atoms with Crippen molar-refractivity contribution in [2.75, 3.05) is 44.2 Å². The van der Waals surface area contributed by atoms with E-state index in [-0.39, 0.29) is 30.8 Å². The fourth-order valence-electron chi connectivity index (χ4n) is 6.93. The maximum atomic E-state index is 14.2. The largest absolute Gasteiger partial charge is 0.388 e. The molecule has 5 fully saturated rings. The average Bonchev–Trinajstić information content (AvgIpc) is 3.28. The number of fused-ring (bicyclic) bond motifs is 1. The van der Waals surface area contributed by atoms with Crippen molar-refractivity contribution in [3.8, 4) is 0 Å². The summed E-state index contributed by atoms with van der Waals surface area (Å²) in [4.78, 5) is 45.7. The Morgan fingerprint density at radius 3 is 2.44 bits per heavy atom. The Kier molecular flexibility index (Phi) is 6.25. The van der Waals surface area contributed by atoms with Gasteiger partial charge in [0.25, 0.3) is 0 Å². The molecule has 2 amide bonds. The number of hydrogen-bond donors (Lipinski definition) is 2. The second-order valence-electron chi connectivity index (χ2n) is 11.2. The number of nitrogens with zero attached hydrogens (tertiary/aromatic N) is 3. The second kappa shape index (κ2) is 9.43. The molecule has 9 nitrogen and oxygen atoms in total. The van der Waals surface area contributed by atoms with Gasteiger partial charge in [0.1, 0.15) is 24.9 Å². The summed E-state index contributed by atoms with van der Waals surface area (Å²) in [5.74, 6) is -1.45. The van der Waals surface area contributed by atoms with Crippen molar-refractivity contribution in [1.29, 1.82) is 0 Å². The molecule has 6 rings (SSSR count). The first kappa shape index (κ1) is 23.9. The lowest BCUT2D eigenvalue weighted by atomic mass is 9.80. The number of aliphatic hydroxyl groups excluding tert-OH is 1. The van der Waals surface area contributed by atoms with Crippen molar-refractivity contribution < 1.29 is 24.2 Å². The highest BCUT2D eigenvalue weighted by Gasteiger charge is 2.53. The number of anilines is 1. The van der Waals surface area contributed by atoms with Crippen molar-refractivity contribution >= 4 is 23.3 Å². The summed E-state index contributed by atoms with van der Waals surface area (Å²) in [6.07, 6.45) is 4.85. The van der Waals surface area contributed by atoms with Crippen molar-refractivity contribution in [2.24, 2.45) is 11.7 Å². The number of nitrogens with two attached hydrogens (primary N) is 1. The summed E-state index contributed by atoms with van der Waals surface area (Å²) in [7, 11) is 0. The number of carbonyl (C=O) groups excluding carboxylic acids is 3. The monoisotopic (exact) mass is 496 g/mol. The Balaban J connectivity index is 1.34. The van der Waals surface area contributed by atoms with Crippen LogP contribution in [0.15, 0.2) is 18.2 Å². The number of piperazine rings is 1. The fraction of sp³-hybridized carbons (Fsp3) is 0.667. The normalized spacial score (nSPS) is 30.1. The van der Waals surface area contributed by atoms with Crippen LogP contribution in [0, 0.1) is 5.92 Å². The fourth-order valence-corrected chi connectivity index (χ4v) is 6.93. The van der Waals surface area contributed by atoms with Crippen LogP contribution in [0.1, 0.15) is 60.4 Å². The first-order valence-electron chi connectivity index (χ1n) is 13.5. The zero-order valence-corrected chi connectivity index (χ0v) is 20.7. The van der Waals surface area contributed by atoms with Crippen LogP contribution in [-0.4, -0.2) is 96.1 Å². The molecule has 9 heteroatoms. The van der Waals surface area contributed by atoms with Gasteiger partial charge < -0.3 is 25.4 Å². The number of hydrogen-bond acceptors (Lipinski definition) is 7. The van der Waals surface area contributed by atoms with E-state index in [0.717, 1.165) is 63.6 Å². The highest BCUT2D eigenvalue weighted by atomic mass is 16.5. The minimum atomic E-state index is -0.890. The number of carbonyl (C=O) groups is 3. The van der Waals surface area contributed by atoms with Crippen LogP contribution in [0.4, 0.5) is 5.69 Å². The lowest BCUT2D eigenvalue weighted by Gasteiger charge is -2.37. The van der Waals surface area contributed by atoms with Crippen LogP contribution >= 0.6 is 0 Å². The standard InChI is InChI=1S/C27H36N4O5/c28-26(34)19-8-7-18(30-11-9-29(10-12-30)17-5-6-17)13-20(19)23(16-3-1-2-4-16)27(35)31-14-21(32)25-24(31)22(33)15-36-25/h7-8,13,16-17,21,23-25,32H,1-6,9-12,14-15H2,(H2,28,34)/t21-,23+,24-,25-/m1/s1. The van der Waals surface area contributed by atoms with Crippen LogP contribution in [0.3, 0.4) is 0 Å². The topological polar surface area (TPSA) is 116 Å². The molecule has 0 radical (unpaired) electrons. The molecule has 4 atom stereocenters. The van der Waals surface area contributed by atoms with Crippen LogP contribution in [0.5, 0.6) is 0 Å². The van der Waals surface area contributed by atoms with Crippen LogP contribution in [-0.2, 0) is 14.3 Å². The summed E-state index contributed by atoms with van der Waals surface area (Å²) >= 11 is 0. The Morgan fingerprint density at radius 2 is 1.78 bits per heavy atom. The second-order valence-corrected chi connectivity index (χ2v) is 11.2. The van der Waals surface area contributed by atoms with Gasteiger partial charge in [0.2, 0.25) is 11.8 Å². The summed E-state index contributed by atoms with van der Waals surface area (Å²) in [5, 5.41) is 10.5. The molecule has 0 unspecified atom stereocenters. The minimum Gasteiger partial charge on any atom is -0.388 e. The third kappa shape index (κ3) is 4.21. The number of ether oxygens (including phenoxy) is 1. The number of β-amino-alcohol motifs (C(OH)–C–C–N with tert-alkyl or cyclic N) is 1. The quantitative estimate of drug-likeness (QED) is 0.601. The third-order valence-electron chi connectivity index (χ3n) is 8.96.